The van der Waals surface area contributed by atoms with Gasteiger partial charge in [-0.3, -0.25) is 4.55 Å². The molecule has 2 radical (unpaired) electrons. The fraction of sp³-hybridized carbons (Fsp3) is 0. The van der Waals surface area contributed by atoms with E-state index in [1.54, 1.807) is 0 Å². The average molecular weight is 156 g/mol. The minimum absolute atomic E-state index is 0.230. The van der Waals surface area contributed by atoms with E-state index in [0.29, 0.717) is 0 Å². The number of hydrogen-bond acceptors (Lipinski definition) is 2. The summed E-state index contributed by atoms with van der Waals surface area (Å²) in [5.41, 5.74) is 0. The summed E-state index contributed by atoms with van der Waals surface area (Å²) >= 11 is 0. The van der Waals surface area contributed by atoms with Crippen LogP contribution in [0.2, 0.25) is 0 Å². The lowest BCUT2D eigenvalue weighted by molar-refractivity contribution is 0.483. The van der Waals surface area contributed by atoms with E-state index >= 15 is 0 Å². The molecule has 0 aliphatic carbocycles. The zero-order valence-electron chi connectivity index (χ0n) is 4.90. The summed E-state index contributed by atoms with van der Waals surface area (Å²) in [6.07, 6.45) is 0. The van der Waals surface area contributed by atoms with Gasteiger partial charge in [0.1, 0.15) is 4.90 Å². The fourth-order valence-electron chi connectivity index (χ4n) is 0.493. The van der Waals surface area contributed by atoms with Crippen molar-refractivity contribution in [1.82, 2.24) is 0 Å². The molecule has 0 heterocycles. The van der Waals surface area contributed by atoms with Crippen LogP contribution in [0, 0.1) is 12.1 Å². The molecule has 0 aliphatic rings. The third-order valence-corrected chi connectivity index (χ3v) is 1.72. The maximum absolute atomic E-state index is 10.3. The standard InChI is InChI=1S/C6H4O3S/c7-10(8,9)6-4-2-1-3-5-6/h2-4H,(H,7,8,9). The first kappa shape index (κ1) is 7.24. The first-order chi connectivity index (χ1) is 4.61. The molecule has 0 unspecified atom stereocenters. The van der Waals surface area contributed by atoms with Crippen LogP contribution in [0.5, 0.6) is 0 Å². The normalized spacial score (nSPS) is 11.3. The third kappa shape index (κ3) is 1.55. The first-order valence-corrected chi connectivity index (χ1v) is 3.90. The van der Waals surface area contributed by atoms with Gasteiger partial charge in [-0.1, -0.05) is 6.07 Å². The van der Waals surface area contributed by atoms with Gasteiger partial charge < -0.3 is 0 Å². The van der Waals surface area contributed by atoms with E-state index in [-0.39, 0.29) is 4.90 Å². The number of rotatable bonds is 1. The van der Waals surface area contributed by atoms with Crippen LogP contribution in [-0.2, 0) is 10.1 Å². The molecule has 52 valence electrons. The van der Waals surface area contributed by atoms with Crippen LogP contribution < -0.4 is 0 Å². The highest BCUT2D eigenvalue weighted by molar-refractivity contribution is 7.85. The Kier molecular flexibility index (Phi) is 1.74. The summed E-state index contributed by atoms with van der Waals surface area (Å²) in [6, 6.07) is 8.79. The summed E-state index contributed by atoms with van der Waals surface area (Å²) in [7, 11) is -4.08. The van der Waals surface area contributed by atoms with Gasteiger partial charge in [0.05, 0.1) is 0 Å². The Hall–Kier alpha value is -0.870. The molecule has 0 atom stereocenters. The van der Waals surface area contributed by atoms with Crippen LogP contribution in [0.15, 0.2) is 23.1 Å². The highest BCUT2D eigenvalue weighted by atomic mass is 32.2. The minimum atomic E-state index is -4.08. The van der Waals surface area contributed by atoms with Gasteiger partial charge >= 0.3 is 0 Å². The molecule has 1 aromatic carbocycles. The van der Waals surface area contributed by atoms with Crippen molar-refractivity contribution in [1.29, 1.82) is 0 Å². The van der Waals surface area contributed by atoms with Gasteiger partial charge in [-0.25, -0.2) is 0 Å². The molecule has 1 aromatic rings. The molecular weight excluding hydrogens is 152 g/mol. The molecule has 0 fully saturated rings. The number of hydrogen-bond donors (Lipinski definition) is 1. The van der Waals surface area contributed by atoms with Crippen molar-refractivity contribution < 1.29 is 13.0 Å². The van der Waals surface area contributed by atoms with E-state index in [1.165, 1.54) is 18.2 Å². The minimum Gasteiger partial charge on any atom is -0.282 e. The van der Waals surface area contributed by atoms with Crippen LogP contribution in [0.1, 0.15) is 0 Å². The van der Waals surface area contributed by atoms with Crippen molar-refractivity contribution in [3.8, 4) is 0 Å². The van der Waals surface area contributed by atoms with Gasteiger partial charge in [0, 0.05) is 6.07 Å². The lowest BCUT2D eigenvalue weighted by Crippen LogP contribution is -1.96. The van der Waals surface area contributed by atoms with E-state index < -0.39 is 10.1 Å². The van der Waals surface area contributed by atoms with Gasteiger partial charge in [0.15, 0.2) is 0 Å². The van der Waals surface area contributed by atoms with Crippen LogP contribution >= 0.6 is 0 Å². The average Bonchev–Trinajstić information content (AvgIpc) is 1.88. The van der Waals surface area contributed by atoms with Crippen molar-refractivity contribution >= 4 is 10.1 Å². The van der Waals surface area contributed by atoms with E-state index in [4.69, 9.17) is 4.55 Å². The van der Waals surface area contributed by atoms with Crippen molar-refractivity contribution in [3.63, 3.8) is 0 Å². The van der Waals surface area contributed by atoms with E-state index in [9.17, 15) is 8.42 Å². The molecule has 0 amide bonds. The predicted molar refractivity (Wildman–Crippen MR) is 33.9 cm³/mol. The molecule has 0 aliphatic heterocycles. The zero-order valence-corrected chi connectivity index (χ0v) is 5.72. The van der Waals surface area contributed by atoms with Crippen molar-refractivity contribution in [2.45, 2.75) is 4.90 Å². The molecule has 0 aromatic heterocycles. The Bertz CT molecular complexity index is 301. The van der Waals surface area contributed by atoms with Gasteiger partial charge in [-0.05, 0) is 18.2 Å². The highest BCUT2D eigenvalue weighted by Gasteiger charge is 2.06. The molecule has 0 saturated heterocycles. The van der Waals surface area contributed by atoms with Crippen molar-refractivity contribution in [3.05, 3.63) is 30.3 Å². The molecule has 4 heteroatoms. The van der Waals surface area contributed by atoms with Gasteiger partial charge in [0.25, 0.3) is 10.1 Å². The predicted octanol–water partition coefficient (Wildman–Crippen LogP) is 0.534. The van der Waals surface area contributed by atoms with E-state index in [1.807, 2.05) is 0 Å². The fourth-order valence-corrected chi connectivity index (χ4v) is 0.941. The maximum Gasteiger partial charge on any atom is 0.295 e. The SMILES string of the molecule is O=S(=O)(O)c1[c]c[c]cc1. The summed E-state index contributed by atoms with van der Waals surface area (Å²) in [4.78, 5) is -0.230. The first-order valence-electron chi connectivity index (χ1n) is 2.46. The van der Waals surface area contributed by atoms with E-state index in [2.05, 4.69) is 12.1 Å². The second kappa shape index (κ2) is 2.40. The van der Waals surface area contributed by atoms with Gasteiger partial charge in [-0.2, -0.15) is 8.42 Å². The zero-order chi connectivity index (χ0) is 7.61. The summed E-state index contributed by atoms with van der Waals surface area (Å²) in [5, 5.41) is 0. The molecule has 1 N–H and O–H groups in total. The Morgan fingerprint density at radius 2 is 2.20 bits per heavy atom. The third-order valence-electron chi connectivity index (χ3n) is 0.907. The highest BCUT2D eigenvalue weighted by Crippen LogP contribution is 2.03. The Morgan fingerprint density at radius 1 is 1.50 bits per heavy atom. The molecule has 1 rings (SSSR count). The van der Waals surface area contributed by atoms with Gasteiger partial charge in [-0.15, -0.1) is 0 Å². The number of benzene rings is 1. The summed E-state index contributed by atoms with van der Waals surface area (Å²) in [5.74, 6) is 0. The quantitative estimate of drug-likeness (QED) is 0.603. The summed E-state index contributed by atoms with van der Waals surface area (Å²) in [6.45, 7) is 0. The van der Waals surface area contributed by atoms with Crippen LogP contribution in [0.4, 0.5) is 0 Å². The smallest absolute Gasteiger partial charge is 0.282 e. The Morgan fingerprint density at radius 3 is 2.50 bits per heavy atom. The van der Waals surface area contributed by atoms with Crippen molar-refractivity contribution in [2.24, 2.45) is 0 Å². The molecule has 3 nitrogen and oxygen atoms in total. The molecule has 0 bridgehead atoms. The summed E-state index contributed by atoms with van der Waals surface area (Å²) < 4.78 is 29.1. The Labute approximate surface area is 59.1 Å². The second-order valence-electron chi connectivity index (χ2n) is 1.63. The Balaban J connectivity index is 3.22. The lowest BCUT2D eigenvalue weighted by Gasteiger charge is -1.91. The van der Waals surface area contributed by atoms with Crippen LogP contribution in [0.3, 0.4) is 0 Å². The van der Waals surface area contributed by atoms with E-state index in [0.717, 1.165) is 0 Å². The lowest BCUT2D eigenvalue weighted by atomic mass is 10.4. The molecule has 0 spiro atoms. The molecule has 10 heavy (non-hydrogen) atoms. The molecule has 0 saturated carbocycles. The molecular formula is C6H4O3S. The largest absolute Gasteiger partial charge is 0.295 e. The van der Waals surface area contributed by atoms with Crippen LogP contribution in [0.25, 0.3) is 0 Å². The monoisotopic (exact) mass is 156 g/mol. The second-order valence-corrected chi connectivity index (χ2v) is 3.02. The topological polar surface area (TPSA) is 54.4 Å². The van der Waals surface area contributed by atoms with Gasteiger partial charge in [0.2, 0.25) is 0 Å². The van der Waals surface area contributed by atoms with Crippen molar-refractivity contribution in [2.75, 3.05) is 0 Å². The maximum atomic E-state index is 10.3. The van der Waals surface area contributed by atoms with Crippen LogP contribution in [-0.4, -0.2) is 13.0 Å².